The highest BCUT2D eigenvalue weighted by molar-refractivity contribution is 5.95. The van der Waals surface area contributed by atoms with Gasteiger partial charge in [0.2, 0.25) is 0 Å². The summed E-state index contributed by atoms with van der Waals surface area (Å²) in [6.45, 7) is 2.24. The predicted octanol–water partition coefficient (Wildman–Crippen LogP) is 3.67. The Morgan fingerprint density at radius 3 is 2.58 bits per heavy atom. The van der Waals surface area contributed by atoms with Gasteiger partial charge < -0.3 is 9.72 Å². The van der Waals surface area contributed by atoms with Crippen molar-refractivity contribution in [1.82, 2.24) is 14.7 Å². The van der Waals surface area contributed by atoms with E-state index in [1.54, 1.807) is 12.5 Å². The van der Waals surface area contributed by atoms with Gasteiger partial charge in [0.05, 0.1) is 18.0 Å². The van der Waals surface area contributed by atoms with Crippen molar-refractivity contribution in [3.05, 3.63) is 36.4 Å². The van der Waals surface area contributed by atoms with Crippen LogP contribution in [0, 0.1) is 23.2 Å². The first-order chi connectivity index (χ1) is 11.6. The normalized spacial score (nSPS) is 35.3. The summed E-state index contributed by atoms with van der Waals surface area (Å²) in [6, 6.07) is 4.07. The largest absolute Gasteiger partial charge is 0.349 e. The Labute approximate surface area is 142 Å². The van der Waals surface area contributed by atoms with E-state index < -0.39 is 0 Å². The molecule has 0 aliphatic heterocycles. The molecule has 2 aromatic heterocycles. The molecule has 6 rings (SSSR count). The molecule has 2 aromatic rings. The van der Waals surface area contributed by atoms with E-state index in [0.717, 1.165) is 28.8 Å². The summed E-state index contributed by atoms with van der Waals surface area (Å²) in [5.74, 6) is 2.80. The molecule has 4 fully saturated rings. The molecule has 0 radical (unpaired) electrons. The van der Waals surface area contributed by atoms with Crippen LogP contribution < -0.4 is 5.32 Å². The average molecular weight is 323 g/mol. The van der Waals surface area contributed by atoms with Crippen LogP contribution in [-0.4, -0.2) is 21.3 Å². The van der Waals surface area contributed by atoms with Crippen LogP contribution in [0.3, 0.4) is 0 Å². The van der Waals surface area contributed by atoms with Crippen LogP contribution in [0.25, 0.3) is 5.52 Å². The van der Waals surface area contributed by atoms with Crippen LogP contribution in [-0.2, 0) is 0 Å². The number of hydrogen-bond donors (Lipinski definition) is 1. The van der Waals surface area contributed by atoms with Crippen molar-refractivity contribution in [2.45, 2.75) is 51.5 Å². The van der Waals surface area contributed by atoms with Crippen molar-refractivity contribution in [2.75, 3.05) is 0 Å². The van der Waals surface area contributed by atoms with Gasteiger partial charge in [0.1, 0.15) is 0 Å². The van der Waals surface area contributed by atoms with Gasteiger partial charge in [-0.05, 0) is 80.8 Å². The molecular formula is C20H25N3O. The maximum atomic E-state index is 12.8. The average Bonchev–Trinajstić information content (AvgIpc) is 3.01. The fourth-order valence-electron chi connectivity index (χ4n) is 6.20. The van der Waals surface area contributed by atoms with Gasteiger partial charge in [0.25, 0.3) is 5.91 Å². The zero-order valence-corrected chi connectivity index (χ0v) is 14.2. The lowest BCUT2D eigenvalue weighted by Gasteiger charge is -2.59. The highest BCUT2D eigenvalue weighted by atomic mass is 16.1. The summed E-state index contributed by atoms with van der Waals surface area (Å²) >= 11 is 0. The maximum Gasteiger partial charge on any atom is 0.251 e. The Bertz CT molecular complexity index is 758. The highest BCUT2D eigenvalue weighted by Crippen LogP contribution is 2.61. The predicted molar refractivity (Wildman–Crippen MR) is 92.7 cm³/mol. The third-order valence-electron chi connectivity index (χ3n) is 7.03. The van der Waals surface area contributed by atoms with Gasteiger partial charge >= 0.3 is 0 Å². The Morgan fingerprint density at radius 1 is 1.25 bits per heavy atom. The van der Waals surface area contributed by atoms with Crippen LogP contribution in [0.2, 0.25) is 0 Å². The van der Waals surface area contributed by atoms with E-state index in [4.69, 9.17) is 0 Å². The Hall–Kier alpha value is -1.84. The maximum absolute atomic E-state index is 12.8. The lowest BCUT2D eigenvalue weighted by atomic mass is 9.48. The van der Waals surface area contributed by atoms with E-state index in [1.807, 2.05) is 22.7 Å². The molecule has 24 heavy (non-hydrogen) atoms. The molecule has 1 amide bonds. The third kappa shape index (κ3) is 2.19. The molecule has 4 heteroatoms. The molecule has 4 bridgehead atoms. The fourth-order valence-corrected chi connectivity index (χ4v) is 6.20. The summed E-state index contributed by atoms with van der Waals surface area (Å²) in [7, 11) is 0. The van der Waals surface area contributed by atoms with Crippen LogP contribution in [0.4, 0.5) is 0 Å². The van der Waals surface area contributed by atoms with Gasteiger partial charge in [-0.15, -0.1) is 0 Å². The second kappa shape index (κ2) is 5.08. The molecule has 1 atom stereocenters. The molecule has 4 nitrogen and oxygen atoms in total. The SMILES string of the molecule is CC(NC(=O)c1ccn2cncc2c1)C12CC3CC(CC(C3)C1)C2. The number of rotatable bonds is 3. The zero-order chi connectivity index (χ0) is 16.3. The van der Waals surface area contributed by atoms with Gasteiger partial charge in [-0.25, -0.2) is 4.98 Å². The molecule has 2 heterocycles. The number of aromatic nitrogens is 2. The first-order valence-corrected chi connectivity index (χ1v) is 9.34. The van der Waals surface area contributed by atoms with Gasteiger partial charge in [-0.2, -0.15) is 0 Å². The topological polar surface area (TPSA) is 46.4 Å². The van der Waals surface area contributed by atoms with Gasteiger partial charge in [0, 0.05) is 17.8 Å². The molecule has 126 valence electrons. The number of carbonyl (C=O) groups is 1. The first kappa shape index (κ1) is 14.5. The fraction of sp³-hybridized carbons (Fsp3) is 0.600. The summed E-state index contributed by atoms with van der Waals surface area (Å²) < 4.78 is 1.93. The monoisotopic (exact) mass is 323 g/mol. The quantitative estimate of drug-likeness (QED) is 0.937. The van der Waals surface area contributed by atoms with E-state index in [0.29, 0.717) is 5.41 Å². The number of nitrogens with one attached hydrogen (secondary N) is 1. The van der Waals surface area contributed by atoms with Crippen molar-refractivity contribution in [3.8, 4) is 0 Å². The molecule has 1 unspecified atom stereocenters. The minimum Gasteiger partial charge on any atom is -0.349 e. The number of hydrogen-bond acceptors (Lipinski definition) is 2. The summed E-state index contributed by atoms with van der Waals surface area (Å²) in [6.07, 6.45) is 13.8. The summed E-state index contributed by atoms with van der Waals surface area (Å²) in [5.41, 5.74) is 2.05. The molecular weight excluding hydrogens is 298 g/mol. The van der Waals surface area contributed by atoms with Gasteiger partial charge in [0.15, 0.2) is 0 Å². The molecule has 0 spiro atoms. The molecule has 4 saturated carbocycles. The minimum atomic E-state index is 0.0574. The van der Waals surface area contributed by atoms with Crippen molar-refractivity contribution in [2.24, 2.45) is 23.2 Å². The minimum absolute atomic E-state index is 0.0574. The van der Waals surface area contributed by atoms with Crippen molar-refractivity contribution < 1.29 is 4.79 Å². The van der Waals surface area contributed by atoms with Gasteiger partial charge in [-0.3, -0.25) is 4.79 Å². The number of imidazole rings is 1. The molecule has 4 aliphatic carbocycles. The molecule has 0 saturated heterocycles. The first-order valence-electron chi connectivity index (χ1n) is 9.34. The van der Waals surface area contributed by atoms with E-state index in [1.165, 1.54) is 38.5 Å². The highest BCUT2D eigenvalue weighted by Gasteiger charge is 2.53. The molecule has 4 aliphatic rings. The lowest BCUT2D eigenvalue weighted by Crippen LogP contribution is -2.55. The van der Waals surface area contributed by atoms with Crippen LogP contribution >= 0.6 is 0 Å². The number of amides is 1. The lowest BCUT2D eigenvalue weighted by molar-refractivity contribution is -0.0688. The van der Waals surface area contributed by atoms with E-state index in [-0.39, 0.29) is 11.9 Å². The van der Waals surface area contributed by atoms with E-state index >= 15 is 0 Å². The van der Waals surface area contributed by atoms with Crippen molar-refractivity contribution in [1.29, 1.82) is 0 Å². The Balaban J connectivity index is 1.36. The van der Waals surface area contributed by atoms with Crippen molar-refractivity contribution >= 4 is 11.4 Å². The number of fused-ring (bicyclic) bond motifs is 1. The Morgan fingerprint density at radius 2 is 1.92 bits per heavy atom. The van der Waals surface area contributed by atoms with E-state index in [9.17, 15) is 4.79 Å². The van der Waals surface area contributed by atoms with E-state index in [2.05, 4.69) is 17.2 Å². The third-order valence-corrected chi connectivity index (χ3v) is 7.03. The smallest absolute Gasteiger partial charge is 0.251 e. The number of pyridine rings is 1. The second-order valence-electron chi connectivity index (χ2n) is 8.62. The Kier molecular flexibility index (Phi) is 3.07. The number of carbonyl (C=O) groups excluding carboxylic acids is 1. The van der Waals surface area contributed by atoms with Crippen LogP contribution in [0.15, 0.2) is 30.9 Å². The number of nitrogens with zero attached hydrogens (tertiary/aromatic N) is 2. The molecule has 0 aromatic carbocycles. The second-order valence-corrected chi connectivity index (χ2v) is 8.62. The van der Waals surface area contributed by atoms with Crippen LogP contribution in [0.5, 0.6) is 0 Å². The summed E-state index contributed by atoms with van der Waals surface area (Å²) in [5, 5.41) is 3.34. The summed E-state index contributed by atoms with van der Waals surface area (Å²) in [4.78, 5) is 16.9. The van der Waals surface area contributed by atoms with Gasteiger partial charge in [-0.1, -0.05) is 0 Å². The molecule has 1 N–H and O–H groups in total. The van der Waals surface area contributed by atoms with Crippen LogP contribution in [0.1, 0.15) is 55.8 Å². The van der Waals surface area contributed by atoms with Crippen molar-refractivity contribution in [3.63, 3.8) is 0 Å². The standard InChI is InChI=1S/C20H25N3O/c1-13(20-8-14-4-15(9-20)6-16(5-14)10-20)22-19(24)17-2-3-23-12-21-11-18(23)7-17/h2-3,7,11-16H,4-6,8-10H2,1H3,(H,22,24). The zero-order valence-electron chi connectivity index (χ0n) is 14.2.